The van der Waals surface area contributed by atoms with Crippen molar-refractivity contribution in [3.05, 3.63) is 59.7 Å². The molecular weight excluding hydrogens is 260 g/mol. The van der Waals surface area contributed by atoms with E-state index < -0.39 is 0 Å². The van der Waals surface area contributed by atoms with Crippen LogP contribution in [0, 0.1) is 0 Å². The van der Waals surface area contributed by atoms with Crippen LogP contribution in [0.4, 0.5) is 5.69 Å². The largest absolute Gasteiger partial charge is 0.497 e. The zero-order valence-electron chi connectivity index (χ0n) is 12.3. The van der Waals surface area contributed by atoms with Crippen molar-refractivity contribution in [2.24, 2.45) is 0 Å². The quantitative estimate of drug-likeness (QED) is 0.935. The Kier molecular flexibility index (Phi) is 2.89. The lowest BCUT2D eigenvalue weighted by Gasteiger charge is -2.40. The number of para-hydroxylation sites is 1. The molecule has 0 radical (unpaired) electrons. The van der Waals surface area contributed by atoms with Crippen molar-refractivity contribution < 1.29 is 4.74 Å². The van der Waals surface area contributed by atoms with Gasteiger partial charge in [-0.15, -0.1) is 0 Å². The Morgan fingerprint density at radius 1 is 1.10 bits per heavy atom. The second-order valence-electron chi connectivity index (χ2n) is 6.11. The topological polar surface area (TPSA) is 24.5 Å². The molecule has 21 heavy (non-hydrogen) atoms. The molecular formula is C18H20N2O. The van der Waals surface area contributed by atoms with E-state index in [-0.39, 0.29) is 0 Å². The second kappa shape index (κ2) is 4.78. The molecule has 3 heteroatoms. The monoisotopic (exact) mass is 280 g/mol. The summed E-state index contributed by atoms with van der Waals surface area (Å²) in [5.74, 6) is 0.917. The molecule has 4 rings (SSSR count). The number of fused-ring (bicyclic) bond motifs is 2. The summed E-state index contributed by atoms with van der Waals surface area (Å²) in [5.41, 5.74) is 4.57. The van der Waals surface area contributed by atoms with Crippen molar-refractivity contribution in [3.63, 3.8) is 0 Å². The van der Waals surface area contributed by atoms with Crippen LogP contribution in [-0.2, 0) is 12.0 Å². The molecule has 2 aromatic rings. The van der Waals surface area contributed by atoms with E-state index in [1.807, 2.05) is 12.1 Å². The van der Waals surface area contributed by atoms with E-state index in [0.717, 1.165) is 31.9 Å². The second-order valence-corrected chi connectivity index (χ2v) is 6.11. The maximum Gasteiger partial charge on any atom is 0.118 e. The first kappa shape index (κ1) is 12.7. The molecule has 2 aromatic carbocycles. The van der Waals surface area contributed by atoms with E-state index in [9.17, 15) is 0 Å². The maximum absolute atomic E-state index is 5.23. The van der Waals surface area contributed by atoms with Gasteiger partial charge in [0.15, 0.2) is 0 Å². The molecule has 0 saturated carbocycles. The lowest BCUT2D eigenvalue weighted by molar-refractivity contribution is 0.295. The number of hydrogen-bond acceptors (Lipinski definition) is 3. The summed E-state index contributed by atoms with van der Waals surface area (Å²) in [7, 11) is 1.71. The summed E-state index contributed by atoms with van der Waals surface area (Å²) in [6.07, 6.45) is 0. The van der Waals surface area contributed by atoms with Crippen LogP contribution in [0.1, 0.15) is 11.1 Å². The van der Waals surface area contributed by atoms with Gasteiger partial charge < -0.3 is 15.0 Å². The molecule has 0 aromatic heterocycles. The summed E-state index contributed by atoms with van der Waals surface area (Å²) >= 11 is 0. The van der Waals surface area contributed by atoms with E-state index >= 15 is 0 Å². The average Bonchev–Trinajstić information content (AvgIpc) is 2.83. The lowest BCUT2D eigenvalue weighted by Crippen LogP contribution is -2.58. The van der Waals surface area contributed by atoms with Gasteiger partial charge in [-0.1, -0.05) is 30.3 Å². The standard InChI is InChI=1S/C18H20N2O/c1-21-15-8-6-14(7-9-15)10-20-13-18(11-19-12-18)16-4-2-3-5-17(16)20/h2-9,19H,10-13H2,1H3. The van der Waals surface area contributed by atoms with E-state index in [1.165, 1.54) is 16.8 Å². The molecule has 0 atom stereocenters. The molecule has 2 aliphatic rings. The number of nitrogens with zero attached hydrogens (tertiary/aromatic N) is 1. The molecule has 0 unspecified atom stereocenters. The molecule has 0 amide bonds. The van der Waals surface area contributed by atoms with Crippen molar-refractivity contribution in [1.82, 2.24) is 5.32 Å². The highest BCUT2D eigenvalue weighted by molar-refractivity contribution is 5.64. The highest BCUT2D eigenvalue weighted by Gasteiger charge is 2.46. The highest BCUT2D eigenvalue weighted by Crippen LogP contribution is 2.43. The van der Waals surface area contributed by atoms with E-state index in [0.29, 0.717) is 5.41 Å². The highest BCUT2D eigenvalue weighted by atomic mass is 16.5. The third-order valence-corrected chi connectivity index (χ3v) is 4.77. The fraction of sp³-hybridized carbons (Fsp3) is 0.333. The molecule has 2 aliphatic heterocycles. The molecule has 0 bridgehead atoms. The summed E-state index contributed by atoms with van der Waals surface area (Å²) in [6.45, 7) is 4.28. The number of ether oxygens (including phenoxy) is 1. The first-order valence-corrected chi connectivity index (χ1v) is 7.49. The molecule has 1 N–H and O–H groups in total. The summed E-state index contributed by atoms with van der Waals surface area (Å²) in [6, 6.07) is 17.3. The fourth-order valence-corrected chi connectivity index (χ4v) is 3.55. The predicted octanol–water partition coefficient (Wildman–Crippen LogP) is 2.56. The van der Waals surface area contributed by atoms with Crippen molar-refractivity contribution in [2.75, 3.05) is 31.6 Å². The summed E-state index contributed by atoms with van der Waals surface area (Å²) in [4.78, 5) is 2.51. The number of methoxy groups -OCH3 is 1. The van der Waals surface area contributed by atoms with E-state index in [1.54, 1.807) is 7.11 Å². The van der Waals surface area contributed by atoms with Crippen LogP contribution in [0.25, 0.3) is 0 Å². The van der Waals surface area contributed by atoms with Gasteiger partial charge in [0.2, 0.25) is 0 Å². The van der Waals surface area contributed by atoms with Crippen molar-refractivity contribution in [1.29, 1.82) is 0 Å². The average molecular weight is 280 g/mol. The molecule has 108 valence electrons. The Hall–Kier alpha value is -2.00. The van der Waals surface area contributed by atoms with Crippen LogP contribution in [0.2, 0.25) is 0 Å². The van der Waals surface area contributed by atoms with Gasteiger partial charge in [-0.25, -0.2) is 0 Å². The molecule has 3 nitrogen and oxygen atoms in total. The number of anilines is 1. The van der Waals surface area contributed by atoms with Gasteiger partial charge in [-0.2, -0.15) is 0 Å². The Labute approximate surface area is 125 Å². The third kappa shape index (κ3) is 2.00. The number of rotatable bonds is 3. The number of nitrogens with one attached hydrogen (secondary N) is 1. The summed E-state index contributed by atoms with van der Waals surface area (Å²) < 4.78 is 5.23. The minimum Gasteiger partial charge on any atom is -0.497 e. The normalized spacial score (nSPS) is 18.4. The number of hydrogen-bond donors (Lipinski definition) is 1. The minimum absolute atomic E-state index is 0.336. The van der Waals surface area contributed by atoms with Crippen LogP contribution < -0.4 is 15.0 Å². The Morgan fingerprint density at radius 3 is 2.52 bits per heavy atom. The molecule has 1 saturated heterocycles. The van der Waals surface area contributed by atoms with Gasteiger partial charge in [0.1, 0.15) is 5.75 Å². The number of benzene rings is 2. The van der Waals surface area contributed by atoms with Gasteiger partial charge in [0.25, 0.3) is 0 Å². The molecule has 2 heterocycles. The van der Waals surface area contributed by atoms with Crippen LogP contribution in [0.5, 0.6) is 5.75 Å². The Morgan fingerprint density at radius 2 is 1.86 bits per heavy atom. The van der Waals surface area contributed by atoms with Gasteiger partial charge in [0.05, 0.1) is 7.11 Å². The minimum atomic E-state index is 0.336. The van der Waals surface area contributed by atoms with Crippen LogP contribution >= 0.6 is 0 Å². The lowest BCUT2D eigenvalue weighted by atomic mass is 9.77. The fourth-order valence-electron chi connectivity index (χ4n) is 3.55. The van der Waals surface area contributed by atoms with E-state index in [4.69, 9.17) is 4.74 Å². The van der Waals surface area contributed by atoms with E-state index in [2.05, 4.69) is 46.6 Å². The predicted molar refractivity (Wildman–Crippen MR) is 85.0 cm³/mol. The van der Waals surface area contributed by atoms with Crippen LogP contribution in [0.15, 0.2) is 48.5 Å². The van der Waals surface area contributed by atoms with Crippen LogP contribution in [-0.4, -0.2) is 26.7 Å². The van der Waals surface area contributed by atoms with Gasteiger partial charge in [0, 0.05) is 37.3 Å². The van der Waals surface area contributed by atoms with Crippen molar-refractivity contribution in [3.8, 4) is 5.75 Å². The molecule has 0 aliphatic carbocycles. The SMILES string of the molecule is COc1ccc(CN2CC3(CNC3)c3ccccc32)cc1. The third-order valence-electron chi connectivity index (χ3n) is 4.77. The zero-order valence-corrected chi connectivity index (χ0v) is 12.3. The van der Waals surface area contributed by atoms with Gasteiger partial charge in [-0.05, 0) is 29.3 Å². The smallest absolute Gasteiger partial charge is 0.118 e. The van der Waals surface area contributed by atoms with Crippen molar-refractivity contribution in [2.45, 2.75) is 12.0 Å². The molecule has 1 spiro atoms. The van der Waals surface area contributed by atoms with Crippen LogP contribution in [0.3, 0.4) is 0 Å². The Bertz CT molecular complexity index is 647. The van der Waals surface area contributed by atoms with Gasteiger partial charge in [-0.3, -0.25) is 0 Å². The summed E-state index contributed by atoms with van der Waals surface area (Å²) in [5, 5.41) is 3.44. The molecule has 1 fully saturated rings. The first-order valence-electron chi connectivity index (χ1n) is 7.49. The maximum atomic E-state index is 5.23. The Balaban J connectivity index is 1.61. The van der Waals surface area contributed by atoms with Crippen molar-refractivity contribution >= 4 is 5.69 Å². The zero-order chi connectivity index (χ0) is 14.3. The van der Waals surface area contributed by atoms with Gasteiger partial charge >= 0.3 is 0 Å². The first-order chi connectivity index (χ1) is 10.3.